The number of hydrogen-bond donors (Lipinski definition) is 1. The fourth-order valence-electron chi connectivity index (χ4n) is 2.18. The molecule has 0 saturated heterocycles. The van der Waals surface area contributed by atoms with Gasteiger partial charge >= 0.3 is 0 Å². The lowest BCUT2D eigenvalue weighted by Crippen LogP contribution is -2.09. The average Bonchev–Trinajstić information content (AvgIpc) is 2.47. The molecule has 0 saturated carbocycles. The van der Waals surface area contributed by atoms with Gasteiger partial charge < -0.3 is 10.1 Å². The average molecular weight is 285 g/mol. The van der Waals surface area contributed by atoms with E-state index in [1.165, 1.54) is 11.1 Å². The molecule has 21 heavy (non-hydrogen) atoms. The van der Waals surface area contributed by atoms with Crippen molar-refractivity contribution in [1.29, 1.82) is 0 Å². The molecular weight excluding hydrogens is 262 g/mol. The fourth-order valence-corrected chi connectivity index (χ4v) is 2.18. The summed E-state index contributed by atoms with van der Waals surface area (Å²) in [5.74, 6) is 2.11. The summed E-state index contributed by atoms with van der Waals surface area (Å²) >= 11 is 0. The van der Waals surface area contributed by atoms with Crippen LogP contribution in [0, 0.1) is 6.92 Å². The van der Waals surface area contributed by atoms with Crippen molar-refractivity contribution in [3.63, 3.8) is 0 Å². The number of aryl methyl sites for hydroxylation is 2. The van der Waals surface area contributed by atoms with Gasteiger partial charge in [0.05, 0.1) is 6.61 Å². The molecular formula is C17H23N3O. The monoisotopic (exact) mass is 285 g/mol. The lowest BCUT2D eigenvalue weighted by atomic mass is 10.1. The van der Waals surface area contributed by atoms with Gasteiger partial charge in [0.25, 0.3) is 0 Å². The van der Waals surface area contributed by atoms with Gasteiger partial charge in [-0.25, -0.2) is 4.98 Å². The van der Waals surface area contributed by atoms with Gasteiger partial charge in [-0.3, -0.25) is 0 Å². The van der Waals surface area contributed by atoms with E-state index in [2.05, 4.69) is 53.4 Å². The number of nitrogens with zero attached hydrogens (tertiary/aromatic N) is 2. The second-order valence-electron chi connectivity index (χ2n) is 5.03. The van der Waals surface area contributed by atoms with Crippen LogP contribution in [-0.2, 0) is 6.42 Å². The van der Waals surface area contributed by atoms with Gasteiger partial charge in [0, 0.05) is 12.1 Å². The van der Waals surface area contributed by atoms with Crippen LogP contribution in [0.4, 0.5) is 5.82 Å². The zero-order valence-corrected chi connectivity index (χ0v) is 13.2. The number of nitrogens with one attached hydrogen (secondary N) is 1. The second kappa shape index (κ2) is 7.07. The van der Waals surface area contributed by atoms with Gasteiger partial charge in [0.15, 0.2) is 0 Å². The van der Waals surface area contributed by atoms with Crippen LogP contribution in [0.5, 0.6) is 5.88 Å². The zero-order valence-electron chi connectivity index (χ0n) is 13.2. The Morgan fingerprint density at radius 3 is 2.48 bits per heavy atom. The maximum Gasteiger partial charge on any atom is 0.218 e. The van der Waals surface area contributed by atoms with Gasteiger partial charge in [-0.1, -0.05) is 31.2 Å². The number of rotatable bonds is 6. The van der Waals surface area contributed by atoms with Crippen LogP contribution >= 0.6 is 0 Å². The third-order valence-electron chi connectivity index (χ3n) is 3.36. The molecule has 0 aliphatic heterocycles. The molecule has 1 heterocycles. The first-order valence-electron chi connectivity index (χ1n) is 7.46. The molecule has 0 aliphatic carbocycles. The first-order valence-corrected chi connectivity index (χ1v) is 7.46. The molecule has 1 aromatic heterocycles. The molecule has 1 aromatic carbocycles. The SMILES string of the molecule is CCOc1cc(NC(C)c2ccc(CC)cc2)nc(C)n1. The first kappa shape index (κ1) is 15.3. The number of anilines is 1. The summed E-state index contributed by atoms with van der Waals surface area (Å²) in [4.78, 5) is 8.67. The van der Waals surface area contributed by atoms with E-state index >= 15 is 0 Å². The van der Waals surface area contributed by atoms with Crippen molar-refractivity contribution < 1.29 is 4.74 Å². The summed E-state index contributed by atoms with van der Waals surface area (Å²) in [5.41, 5.74) is 2.59. The number of benzene rings is 1. The van der Waals surface area contributed by atoms with Crippen LogP contribution in [0.3, 0.4) is 0 Å². The number of hydrogen-bond acceptors (Lipinski definition) is 4. The summed E-state index contributed by atoms with van der Waals surface area (Å²) < 4.78 is 5.45. The first-order chi connectivity index (χ1) is 10.1. The Labute approximate surface area is 126 Å². The van der Waals surface area contributed by atoms with Crippen molar-refractivity contribution in [2.75, 3.05) is 11.9 Å². The zero-order chi connectivity index (χ0) is 15.2. The maximum atomic E-state index is 5.45. The lowest BCUT2D eigenvalue weighted by molar-refractivity contribution is 0.325. The van der Waals surface area contributed by atoms with Crippen molar-refractivity contribution >= 4 is 5.82 Å². The van der Waals surface area contributed by atoms with Crippen molar-refractivity contribution in [3.05, 3.63) is 47.3 Å². The van der Waals surface area contributed by atoms with Crippen LogP contribution < -0.4 is 10.1 Å². The molecule has 2 aromatic rings. The van der Waals surface area contributed by atoms with E-state index in [9.17, 15) is 0 Å². The van der Waals surface area contributed by atoms with Crippen LogP contribution in [0.15, 0.2) is 30.3 Å². The molecule has 2 rings (SSSR count). The molecule has 112 valence electrons. The predicted molar refractivity (Wildman–Crippen MR) is 85.8 cm³/mol. The second-order valence-corrected chi connectivity index (χ2v) is 5.03. The summed E-state index contributed by atoms with van der Waals surface area (Å²) in [6.45, 7) is 8.70. The third kappa shape index (κ3) is 4.18. The highest BCUT2D eigenvalue weighted by Gasteiger charge is 2.08. The molecule has 1 unspecified atom stereocenters. The Bertz CT molecular complexity index is 581. The molecule has 0 fully saturated rings. The molecule has 0 aliphatic rings. The van der Waals surface area contributed by atoms with Crippen molar-refractivity contribution in [1.82, 2.24) is 9.97 Å². The quantitative estimate of drug-likeness (QED) is 0.874. The summed E-state index contributed by atoms with van der Waals surface area (Å²) in [7, 11) is 0. The van der Waals surface area contributed by atoms with Crippen LogP contribution in [0.1, 0.15) is 43.8 Å². The minimum Gasteiger partial charge on any atom is -0.478 e. The molecule has 0 bridgehead atoms. The highest BCUT2D eigenvalue weighted by Crippen LogP contribution is 2.21. The minimum absolute atomic E-state index is 0.180. The van der Waals surface area contributed by atoms with E-state index in [1.54, 1.807) is 0 Å². The summed E-state index contributed by atoms with van der Waals surface area (Å²) in [6.07, 6.45) is 1.06. The van der Waals surface area contributed by atoms with E-state index in [-0.39, 0.29) is 6.04 Å². The Hall–Kier alpha value is -2.10. The van der Waals surface area contributed by atoms with E-state index < -0.39 is 0 Å². The van der Waals surface area contributed by atoms with Gasteiger partial charge in [-0.05, 0) is 38.3 Å². The Kier molecular flexibility index (Phi) is 5.14. The van der Waals surface area contributed by atoms with Crippen molar-refractivity contribution in [3.8, 4) is 5.88 Å². The third-order valence-corrected chi connectivity index (χ3v) is 3.36. The fraction of sp³-hybridized carbons (Fsp3) is 0.412. The predicted octanol–water partition coefficient (Wildman–Crippen LogP) is 3.92. The number of ether oxygens (including phenoxy) is 1. The lowest BCUT2D eigenvalue weighted by Gasteiger charge is -2.16. The molecule has 4 nitrogen and oxygen atoms in total. The number of aromatic nitrogens is 2. The Morgan fingerprint density at radius 2 is 1.86 bits per heavy atom. The molecule has 1 atom stereocenters. The van der Waals surface area contributed by atoms with E-state index in [0.717, 1.165) is 12.2 Å². The highest BCUT2D eigenvalue weighted by molar-refractivity contribution is 5.41. The van der Waals surface area contributed by atoms with Crippen LogP contribution in [0.25, 0.3) is 0 Å². The topological polar surface area (TPSA) is 47.0 Å². The maximum absolute atomic E-state index is 5.45. The van der Waals surface area contributed by atoms with Crippen LogP contribution in [0.2, 0.25) is 0 Å². The summed E-state index contributed by atoms with van der Waals surface area (Å²) in [6, 6.07) is 10.7. The summed E-state index contributed by atoms with van der Waals surface area (Å²) in [5, 5.41) is 3.40. The molecule has 4 heteroatoms. The van der Waals surface area contributed by atoms with Gasteiger partial charge in [-0.15, -0.1) is 0 Å². The molecule has 1 N–H and O–H groups in total. The van der Waals surface area contributed by atoms with Crippen molar-refractivity contribution in [2.24, 2.45) is 0 Å². The van der Waals surface area contributed by atoms with Gasteiger partial charge in [0.1, 0.15) is 11.6 Å². The molecule has 0 spiro atoms. The van der Waals surface area contributed by atoms with E-state index in [4.69, 9.17) is 4.74 Å². The molecule has 0 radical (unpaired) electrons. The largest absolute Gasteiger partial charge is 0.478 e. The van der Waals surface area contributed by atoms with Gasteiger partial charge in [0.2, 0.25) is 5.88 Å². The normalized spacial score (nSPS) is 12.0. The minimum atomic E-state index is 0.180. The van der Waals surface area contributed by atoms with E-state index in [1.807, 2.05) is 19.9 Å². The highest BCUT2D eigenvalue weighted by atomic mass is 16.5. The van der Waals surface area contributed by atoms with Crippen molar-refractivity contribution in [2.45, 2.75) is 40.2 Å². The van der Waals surface area contributed by atoms with Crippen LogP contribution in [-0.4, -0.2) is 16.6 Å². The Morgan fingerprint density at radius 1 is 1.14 bits per heavy atom. The van der Waals surface area contributed by atoms with Gasteiger partial charge in [-0.2, -0.15) is 4.98 Å². The molecule has 0 amide bonds. The smallest absolute Gasteiger partial charge is 0.218 e. The van der Waals surface area contributed by atoms with E-state index in [0.29, 0.717) is 18.3 Å². The Balaban J connectivity index is 2.12. The standard InChI is InChI=1S/C17H23N3O/c1-5-14-7-9-15(10-8-14)12(3)18-16-11-17(21-6-2)20-13(4)19-16/h7-12H,5-6H2,1-4H3,(H,18,19,20).